The molecule has 0 aliphatic heterocycles. The molecule has 3 nitrogen and oxygen atoms in total. The van der Waals surface area contributed by atoms with E-state index in [4.69, 9.17) is 0 Å². The highest BCUT2D eigenvalue weighted by atomic mass is 16.2. The molecular weight excluding hydrogens is 238 g/mol. The molecule has 0 heterocycles. The Morgan fingerprint density at radius 3 is 2.37 bits per heavy atom. The van der Waals surface area contributed by atoms with Gasteiger partial charge < -0.3 is 0 Å². The van der Waals surface area contributed by atoms with Gasteiger partial charge in [0.2, 0.25) is 0 Å². The molecule has 3 heteroatoms. The number of benzene rings is 1. The second-order valence-corrected chi connectivity index (χ2v) is 4.73. The summed E-state index contributed by atoms with van der Waals surface area (Å²) in [5.74, 6) is -0.694. The molecule has 1 saturated carbocycles. The molecule has 1 aliphatic carbocycles. The van der Waals surface area contributed by atoms with E-state index in [1.807, 2.05) is 30.3 Å². The molecule has 0 atom stereocenters. The minimum atomic E-state index is -0.653. The van der Waals surface area contributed by atoms with E-state index in [0.717, 1.165) is 5.56 Å². The highest BCUT2D eigenvalue weighted by molar-refractivity contribution is 6.16. The molecular formula is C16H17NO2. The quantitative estimate of drug-likeness (QED) is 0.471. The Labute approximate surface area is 113 Å². The van der Waals surface area contributed by atoms with Gasteiger partial charge >= 0.3 is 0 Å². The van der Waals surface area contributed by atoms with Crippen LogP contribution in [0, 0.1) is 5.92 Å². The van der Waals surface area contributed by atoms with Crippen LogP contribution in [0.3, 0.4) is 0 Å². The maximum absolute atomic E-state index is 12.0. The molecule has 19 heavy (non-hydrogen) atoms. The zero-order valence-electron chi connectivity index (χ0n) is 10.8. The van der Waals surface area contributed by atoms with Gasteiger partial charge in [0.05, 0.1) is 6.54 Å². The van der Waals surface area contributed by atoms with Crippen LogP contribution in [0.15, 0.2) is 48.0 Å². The lowest BCUT2D eigenvalue weighted by molar-refractivity contribution is -0.133. The Morgan fingerprint density at radius 1 is 1.16 bits per heavy atom. The molecule has 2 rings (SSSR count). The largest absolute Gasteiger partial charge is 0.298 e. The molecule has 1 fully saturated rings. The van der Waals surface area contributed by atoms with E-state index in [1.165, 1.54) is 6.21 Å². The summed E-state index contributed by atoms with van der Waals surface area (Å²) in [6.07, 6.45) is 3.95. The van der Waals surface area contributed by atoms with Crippen LogP contribution in [0.4, 0.5) is 0 Å². The third kappa shape index (κ3) is 3.25. The zero-order chi connectivity index (χ0) is 13.7. The molecule has 1 aliphatic rings. The van der Waals surface area contributed by atoms with E-state index in [-0.39, 0.29) is 17.5 Å². The summed E-state index contributed by atoms with van der Waals surface area (Å²) in [4.78, 5) is 28.1. The SMILES string of the molecule is C=CCN=CC1C(=O)CC(c2ccccc2)CC1=O. The van der Waals surface area contributed by atoms with Crippen LogP contribution < -0.4 is 0 Å². The zero-order valence-corrected chi connectivity index (χ0v) is 10.8. The van der Waals surface area contributed by atoms with Crippen LogP contribution in [-0.4, -0.2) is 24.3 Å². The fraction of sp³-hybridized carbons (Fsp3) is 0.312. The fourth-order valence-corrected chi connectivity index (χ4v) is 2.36. The van der Waals surface area contributed by atoms with E-state index in [9.17, 15) is 9.59 Å². The van der Waals surface area contributed by atoms with Crippen molar-refractivity contribution in [2.24, 2.45) is 10.9 Å². The number of carbonyl (C=O) groups is 2. The van der Waals surface area contributed by atoms with Crippen molar-refractivity contribution in [3.8, 4) is 0 Å². The topological polar surface area (TPSA) is 46.5 Å². The fourth-order valence-electron chi connectivity index (χ4n) is 2.36. The van der Waals surface area contributed by atoms with Crippen LogP contribution in [0.2, 0.25) is 0 Å². The summed E-state index contributed by atoms with van der Waals surface area (Å²) in [5, 5.41) is 0. The normalized spacial score (nSPS) is 23.8. The van der Waals surface area contributed by atoms with Gasteiger partial charge in [0.25, 0.3) is 0 Å². The van der Waals surface area contributed by atoms with Gasteiger partial charge in [0.15, 0.2) is 0 Å². The molecule has 0 radical (unpaired) electrons. The third-order valence-corrected chi connectivity index (χ3v) is 3.35. The van der Waals surface area contributed by atoms with Crippen molar-refractivity contribution in [2.75, 3.05) is 6.54 Å². The number of nitrogens with zero attached hydrogens (tertiary/aromatic N) is 1. The Morgan fingerprint density at radius 2 is 1.79 bits per heavy atom. The first kappa shape index (κ1) is 13.4. The lowest BCUT2D eigenvalue weighted by atomic mass is 9.77. The number of hydrogen-bond acceptors (Lipinski definition) is 3. The molecule has 0 aromatic heterocycles. The van der Waals surface area contributed by atoms with Crippen LogP contribution in [-0.2, 0) is 9.59 Å². The molecule has 98 valence electrons. The van der Waals surface area contributed by atoms with Gasteiger partial charge in [-0.3, -0.25) is 14.6 Å². The van der Waals surface area contributed by atoms with Crippen molar-refractivity contribution >= 4 is 17.8 Å². The molecule has 0 bridgehead atoms. The molecule has 0 saturated heterocycles. The lowest BCUT2D eigenvalue weighted by Crippen LogP contribution is -2.33. The minimum Gasteiger partial charge on any atom is -0.298 e. The van der Waals surface area contributed by atoms with E-state index in [2.05, 4.69) is 11.6 Å². The molecule has 1 aromatic rings. The molecule has 0 spiro atoms. The van der Waals surface area contributed by atoms with Gasteiger partial charge in [0, 0.05) is 19.1 Å². The minimum absolute atomic E-state index is 0.0188. The summed E-state index contributed by atoms with van der Waals surface area (Å²) in [6.45, 7) is 3.99. The van der Waals surface area contributed by atoms with Crippen molar-refractivity contribution < 1.29 is 9.59 Å². The van der Waals surface area contributed by atoms with Crippen molar-refractivity contribution in [1.29, 1.82) is 0 Å². The van der Waals surface area contributed by atoms with Gasteiger partial charge in [-0.1, -0.05) is 36.4 Å². The average molecular weight is 255 g/mol. The van der Waals surface area contributed by atoms with Crippen LogP contribution in [0.5, 0.6) is 0 Å². The first-order chi connectivity index (χ1) is 9.22. The summed E-state index contributed by atoms with van der Waals surface area (Å²) < 4.78 is 0. The first-order valence-corrected chi connectivity index (χ1v) is 6.43. The maximum Gasteiger partial charge on any atom is 0.149 e. The van der Waals surface area contributed by atoms with E-state index in [0.29, 0.717) is 19.4 Å². The van der Waals surface area contributed by atoms with Crippen molar-refractivity contribution in [3.05, 3.63) is 48.6 Å². The predicted molar refractivity (Wildman–Crippen MR) is 75.5 cm³/mol. The summed E-state index contributed by atoms with van der Waals surface area (Å²) >= 11 is 0. The van der Waals surface area contributed by atoms with Gasteiger partial charge in [-0.05, 0) is 11.5 Å². The van der Waals surface area contributed by atoms with Gasteiger partial charge in [-0.25, -0.2) is 0 Å². The summed E-state index contributed by atoms with van der Waals surface area (Å²) in [7, 11) is 0. The Balaban J connectivity index is 2.08. The number of aliphatic imine (C=N–C) groups is 1. The maximum atomic E-state index is 12.0. The molecule has 0 unspecified atom stereocenters. The Hall–Kier alpha value is -2.03. The smallest absolute Gasteiger partial charge is 0.149 e. The van der Waals surface area contributed by atoms with Crippen molar-refractivity contribution in [3.63, 3.8) is 0 Å². The standard InChI is InChI=1S/C16H17NO2/c1-2-8-17-11-14-15(18)9-13(10-16(14)19)12-6-4-3-5-7-12/h2-7,11,13-14H,1,8-10H2. The first-order valence-electron chi connectivity index (χ1n) is 6.43. The van der Waals surface area contributed by atoms with E-state index < -0.39 is 5.92 Å². The predicted octanol–water partition coefficient (Wildman–Crippen LogP) is 2.58. The highest BCUT2D eigenvalue weighted by Crippen LogP contribution is 2.31. The van der Waals surface area contributed by atoms with Gasteiger partial charge in [-0.15, -0.1) is 6.58 Å². The van der Waals surface area contributed by atoms with E-state index in [1.54, 1.807) is 6.08 Å². The highest BCUT2D eigenvalue weighted by Gasteiger charge is 2.34. The van der Waals surface area contributed by atoms with Gasteiger partial charge in [0.1, 0.15) is 17.5 Å². The van der Waals surface area contributed by atoms with Crippen LogP contribution in [0.25, 0.3) is 0 Å². The molecule has 0 N–H and O–H groups in total. The second kappa shape index (κ2) is 6.23. The number of carbonyl (C=O) groups excluding carboxylic acids is 2. The number of Topliss-reactive ketones (excluding diaryl/α,β-unsaturated/α-hetero) is 2. The summed E-state index contributed by atoms with van der Waals surface area (Å²) in [5.41, 5.74) is 1.06. The van der Waals surface area contributed by atoms with E-state index >= 15 is 0 Å². The Bertz CT molecular complexity index is 487. The summed E-state index contributed by atoms with van der Waals surface area (Å²) in [6, 6.07) is 9.74. The van der Waals surface area contributed by atoms with Crippen molar-refractivity contribution in [1.82, 2.24) is 0 Å². The number of hydrogen-bond donors (Lipinski definition) is 0. The van der Waals surface area contributed by atoms with Crippen LogP contribution >= 0.6 is 0 Å². The van der Waals surface area contributed by atoms with Crippen molar-refractivity contribution in [2.45, 2.75) is 18.8 Å². The third-order valence-electron chi connectivity index (χ3n) is 3.35. The number of rotatable bonds is 4. The monoisotopic (exact) mass is 255 g/mol. The Kier molecular flexibility index (Phi) is 4.39. The number of ketones is 2. The second-order valence-electron chi connectivity index (χ2n) is 4.73. The molecule has 0 amide bonds. The average Bonchev–Trinajstić information content (AvgIpc) is 2.43. The lowest BCUT2D eigenvalue weighted by Gasteiger charge is -2.24. The van der Waals surface area contributed by atoms with Gasteiger partial charge in [-0.2, -0.15) is 0 Å². The molecule has 1 aromatic carbocycles. The van der Waals surface area contributed by atoms with Crippen LogP contribution in [0.1, 0.15) is 24.3 Å².